The predicted molar refractivity (Wildman–Crippen MR) is 80.1 cm³/mol. The third kappa shape index (κ3) is 5.38. The maximum absolute atomic E-state index is 12.2. The van der Waals surface area contributed by atoms with Gasteiger partial charge in [0.25, 0.3) is 0 Å². The molecule has 2 heteroatoms. The Kier molecular flexibility index (Phi) is 7.19. The Morgan fingerprint density at radius 1 is 1.32 bits per heavy atom. The Labute approximate surface area is 118 Å². The average Bonchev–Trinajstić information content (AvgIpc) is 2.88. The van der Waals surface area contributed by atoms with Crippen molar-refractivity contribution in [1.82, 2.24) is 0 Å². The van der Waals surface area contributed by atoms with Gasteiger partial charge in [-0.3, -0.25) is 4.79 Å². The molecule has 2 unspecified atom stereocenters. The van der Waals surface area contributed by atoms with E-state index in [1.54, 1.807) is 0 Å². The summed E-state index contributed by atoms with van der Waals surface area (Å²) in [7, 11) is 0. The van der Waals surface area contributed by atoms with Gasteiger partial charge in [-0.25, -0.2) is 0 Å². The molecule has 0 aliphatic heterocycles. The molecule has 110 valence electrons. The minimum atomic E-state index is 0.109. The summed E-state index contributed by atoms with van der Waals surface area (Å²) in [4.78, 5) is 12.2. The molecule has 0 heterocycles. The second-order valence-corrected chi connectivity index (χ2v) is 6.15. The fourth-order valence-electron chi connectivity index (χ4n) is 3.12. The van der Waals surface area contributed by atoms with Crippen molar-refractivity contribution in [3.8, 4) is 0 Å². The number of carbonyl (C=O) groups is 1. The molecule has 0 saturated heterocycles. The van der Waals surface area contributed by atoms with Crippen molar-refractivity contribution in [1.29, 1.82) is 0 Å². The van der Waals surface area contributed by atoms with Gasteiger partial charge in [0.15, 0.2) is 5.78 Å². The SMILES string of the molecule is CCCC(C)/C(O)=C/C(=O)C(CC)CC1CCCC1. The van der Waals surface area contributed by atoms with Gasteiger partial charge in [0.05, 0.1) is 5.76 Å². The van der Waals surface area contributed by atoms with Crippen LogP contribution in [0.5, 0.6) is 0 Å². The molecule has 1 rings (SSSR count). The van der Waals surface area contributed by atoms with E-state index in [1.165, 1.54) is 31.8 Å². The summed E-state index contributed by atoms with van der Waals surface area (Å²) in [5, 5.41) is 9.96. The van der Waals surface area contributed by atoms with Crippen molar-refractivity contribution in [2.75, 3.05) is 0 Å². The highest BCUT2D eigenvalue weighted by atomic mass is 16.3. The van der Waals surface area contributed by atoms with Crippen LogP contribution in [0.3, 0.4) is 0 Å². The Morgan fingerprint density at radius 2 is 1.95 bits per heavy atom. The van der Waals surface area contributed by atoms with Gasteiger partial charge in [-0.05, 0) is 25.2 Å². The fraction of sp³-hybridized carbons (Fsp3) is 0.824. The Hall–Kier alpha value is -0.790. The van der Waals surface area contributed by atoms with Crippen LogP contribution >= 0.6 is 0 Å². The zero-order valence-electron chi connectivity index (χ0n) is 12.8. The van der Waals surface area contributed by atoms with E-state index >= 15 is 0 Å². The van der Waals surface area contributed by atoms with E-state index in [9.17, 15) is 9.90 Å². The van der Waals surface area contributed by atoms with Crippen LogP contribution in [0.15, 0.2) is 11.8 Å². The zero-order chi connectivity index (χ0) is 14.3. The third-order valence-electron chi connectivity index (χ3n) is 4.50. The molecule has 1 saturated carbocycles. The lowest BCUT2D eigenvalue weighted by Gasteiger charge is -2.17. The van der Waals surface area contributed by atoms with Gasteiger partial charge in [0.2, 0.25) is 0 Å². The first-order chi connectivity index (χ1) is 9.08. The van der Waals surface area contributed by atoms with Gasteiger partial charge in [-0.15, -0.1) is 0 Å². The molecular formula is C17H30O2. The zero-order valence-corrected chi connectivity index (χ0v) is 12.8. The van der Waals surface area contributed by atoms with Crippen LogP contribution in [0.2, 0.25) is 0 Å². The molecule has 19 heavy (non-hydrogen) atoms. The number of hydrogen-bond donors (Lipinski definition) is 1. The maximum Gasteiger partial charge on any atom is 0.162 e. The number of allylic oxidation sites excluding steroid dienone is 2. The smallest absolute Gasteiger partial charge is 0.162 e. The van der Waals surface area contributed by atoms with Gasteiger partial charge in [0.1, 0.15) is 0 Å². The summed E-state index contributed by atoms with van der Waals surface area (Å²) in [5.41, 5.74) is 0. The summed E-state index contributed by atoms with van der Waals surface area (Å²) in [6, 6.07) is 0. The molecule has 2 nitrogen and oxygen atoms in total. The fourth-order valence-corrected chi connectivity index (χ4v) is 3.12. The van der Waals surface area contributed by atoms with Crippen molar-refractivity contribution in [3.63, 3.8) is 0 Å². The van der Waals surface area contributed by atoms with Gasteiger partial charge < -0.3 is 5.11 Å². The first-order valence-electron chi connectivity index (χ1n) is 8.02. The number of ketones is 1. The van der Waals surface area contributed by atoms with Crippen molar-refractivity contribution >= 4 is 5.78 Å². The molecule has 1 aliphatic carbocycles. The second-order valence-electron chi connectivity index (χ2n) is 6.15. The van der Waals surface area contributed by atoms with Gasteiger partial charge >= 0.3 is 0 Å². The minimum Gasteiger partial charge on any atom is -0.512 e. The van der Waals surface area contributed by atoms with Crippen LogP contribution in [-0.2, 0) is 4.79 Å². The molecule has 1 N–H and O–H groups in total. The molecular weight excluding hydrogens is 236 g/mol. The lowest BCUT2D eigenvalue weighted by molar-refractivity contribution is -0.119. The molecule has 0 bridgehead atoms. The number of aliphatic hydroxyl groups is 1. The molecule has 0 aromatic carbocycles. The normalized spacial score (nSPS) is 20.5. The summed E-state index contributed by atoms with van der Waals surface area (Å²) < 4.78 is 0. The minimum absolute atomic E-state index is 0.109. The topological polar surface area (TPSA) is 37.3 Å². The molecule has 2 atom stereocenters. The molecule has 0 aromatic rings. The van der Waals surface area contributed by atoms with Crippen LogP contribution in [0.25, 0.3) is 0 Å². The van der Waals surface area contributed by atoms with E-state index in [1.807, 2.05) is 6.92 Å². The summed E-state index contributed by atoms with van der Waals surface area (Å²) in [5.74, 6) is 1.36. The third-order valence-corrected chi connectivity index (χ3v) is 4.50. The number of aliphatic hydroxyl groups excluding tert-OH is 1. The van der Waals surface area contributed by atoms with Crippen molar-refractivity contribution in [2.24, 2.45) is 17.8 Å². The van der Waals surface area contributed by atoms with Crippen LogP contribution in [0.4, 0.5) is 0 Å². The first-order valence-corrected chi connectivity index (χ1v) is 8.02. The highest BCUT2D eigenvalue weighted by molar-refractivity contribution is 5.92. The maximum atomic E-state index is 12.2. The molecule has 0 aromatic heterocycles. The lowest BCUT2D eigenvalue weighted by atomic mass is 9.87. The average molecular weight is 266 g/mol. The lowest BCUT2D eigenvalue weighted by Crippen LogP contribution is -2.16. The van der Waals surface area contributed by atoms with Crippen LogP contribution < -0.4 is 0 Å². The van der Waals surface area contributed by atoms with E-state index in [-0.39, 0.29) is 23.4 Å². The van der Waals surface area contributed by atoms with Gasteiger partial charge in [0, 0.05) is 17.9 Å². The summed E-state index contributed by atoms with van der Waals surface area (Å²) >= 11 is 0. The predicted octanol–water partition coefficient (Wildman–Crippen LogP) is 5.04. The van der Waals surface area contributed by atoms with Crippen LogP contribution in [-0.4, -0.2) is 10.9 Å². The molecule has 1 aliphatic rings. The van der Waals surface area contributed by atoms with E-state index in [2.05, 4.69) is 13.8 Å². The van der Waals surface area contributed by atoms with Crippen molar-refractivity contribution in [3.05, 3.63) is 11.8 Å². The number of hydrogen-bond acceptors (Lipinski definition) is 2. The molecule has 0 amide bonds. The molecule has 1 fully saturated rings. The molecule has 0 radical (unpaired) electrons. The first kappa shape index (κ1) is 16.3. The standard InChI is InChI=1S/C17H30O2/c1-4-8-13(3)16(18)12-17(19)15(5-2)11-14-9-6-7-10-14/h12-15,18H,4-11H2,1-3H3/b16-12-. The highest BCUT2D eigenvalue weighted by Gasteiger charge is 2.23. The van der Waals surface area contributed by atoms with Crippen LogP contribution in [0.1, 0.15) is 72.1 Å². The number of rotatable bonds is 8. The largest absolute Gasteiger partial charge is 0.512 e. The van der Waals surface area contributed by atoms with Gasteiger partial charge in [-0.1, -0.05) is 52.9 Å². The van der Waals surface area contributed by atoms with Gasteiger partial charge in [-0.2, -0.15) is 0 Å². The van der Waals surface area contributed by atoms with E-state index in [0.717, 1.165) is 31.6 Å². The Bertz CT molecular complexity index is 300. The Morgan fingerprint density at radius 3 is 2.47 bits per heavy atom. The van der Waals surface area contributed by atoms with Crippen molar-refractivity contribution < 1.29 is 9.90 Å². The monoisotopic (exact) mass is 266 g/mol. The quantitative estimate of drug-likeness (QED) is 0.493. The summed E-state index contributed by atoms with van der Waals surface area (Å²) in [6.07, 6.45) is 10.6. The van der Waals surface area contributed by atoms with E-state index in [0.29, 0.717) is 0 Å². The highest BCUT2D eigenvalue weighted by Crippen LogP contribution is 2.32. The Balaban J connectivity index is 2.54. The van der Waals surface area contributed by atoms with E-state index in [4.69, 9.17) is 0 Å². The second kappa shape index (κ2) is 8.39. The van der Waals surface area contributed by atoms with Crippen molar-refractivity contribution in [2.45, 2.75) is 72.1 Å². The number of carbonyl (C=O) groups excluding carboxylic acids is 1. The van der Waals surface area contributed by atoms with Crippen LogP contribution in [0, 0.1) is 17.8 Å². The molecule has 0 spiro atoms. The van der Waals surface area contributed by atoms with E-state index < -0.39 is 0 Å². The summed E-state index contributed by atoms with van der Waals surface area (Å²) in [6.45, 7) is 6.17.